The van der Waals surface area contributed by atoms with Gasteiger partial charge in [0.15, 0.2) is 5.82 Å². The fourth-order valence-electron chi connectivity index (χ4n) is 2.43. The Bertz CT molecular complexity index is 755. The van der Waals surface area contributed by atoms with Crippen LogP contribution in [0.5, 0.6) is 0 Å². The van der Waals surface area contributed by atoms with Crippen LogP contribution in [0.3, 0.4) is 0 Å². The van der Waals surface area contributed by atoms with Crippen molar-refractivity contribution in [2.24, 2.45) is 5.92 Å². The van der Waals surface area contributed by atoms with Crippen molar-refractivity contribution < 1.29 is 14.3 Å². The maximum atomic E-state index is 12.2. The molecule has 0 aromatic carbocycles. The molecule has 2 aromatic rings. The second-order valence-corrected chi connectivity index (χ2v) is 5.89. The Morgan fingerprint density at radius 2 is 2.29 bits per heavy atom. The zero-order valence-electron chi connectivity index (χ0n) is 13.5. The number of esters is 1. The number of rotatable bonds is 5. The van der Waals surface area contributed by atoms with E-state index in [1.807, 2.05) is 0 Å². The van der Waals surface area contributed by atoms with E-state index in [-0.39, 0.29) is 24.6 Å². The predicted octanol–water partition coefficient (Wildman–Crippen LogP) is 0.701. The predicted molar refractivity (Wildman–Crippen MR) is 82.4 cm³/mol. The summed E-state index contributed by atoms with van der Waals surface area (Å²) in [6.07, 6.45) is 5.23. The molecule has 0 aliphatic carbocycles. The quantitative estimate of drug-likeness (QED) is 0.742. The summed E-state index contributed by atoms with van der Waals surface area (Å²) in [4.78, 5) is 31.5. The van der Waals surface area contributed by atoms with Crippen LogP contribution in [0.4, 0.5) is 0 Å². The number of nitrogens with zero attached hydrogens (tertiary/aromatic N) is 5. The molecule has 9 nitrogen and oxygen atoms in total. The molecule has 128 valence electrons. The van der Waals surface area contributed by atoms with Gasteiger partial charge in [0.2, 0.25) is 0 Å². The van der Waals surface area contributed by atoms with Crippen molar-refractivity contribution in [1.82, 2.24) is 24.3 Å². The van der Waals surface area contributed by atoms with Crippen molar-refractivity contribution >= 4 is 5.97 Å². The van der Waals surface area contributed by atoms with Gasteiger partial charge in [0.05, 0.1) is 12.0 Å². The van der Waals surface area contributed by atoms with E-state index < -0.39 is 11.9 Å². The number of ether oxygens (including phenoxy) is 2. The standard InChI is InChI=1S/C15H19N5O4/c1-10(2)14(21)23-7-11-3-4-13(24-11)19-6-5-12(18-15(19)22)20-9-16-8-17-20/h5-6,8-11,13H,3-4,7H2,1-2H3/t11-,13+/m0/s1. The highest BCUT2D eigenvalue weighted by molar-refractivity contribution is 5.71. The molecule has 24 heavy (non-hydrogen) atoms. The van der Waals surface area contributed by atoms with Gasteiger partial charge in [-0.3, -0.25) is 9.36 Å². The molecule has 9 heteroatoms. The van der Waals surface area contributed by atoms with Crippen LogP contribution in [0.15, 0.2) is 29.7 Å². The van der Waals surface area contributed by atoms with Crippen LogP contribution in [0.2, 0.25) is 0 Å². The smallest absolute Gasteiger partial charge is 0.351 e. The van der Waals surface area contributed by atoms with E-state index >= 15 is 0 Å². The van der Waals surface area contributed by atoms with E-state index in [0.717, 1.165) is 0 Å². The lowest BCUT2D eigenvalue weighted by Crippen LogP contribution is -2.28. The van der Waals surface area contributed by atoms with Crippen molar-refractivity contribution in [2.45, 2.75) is 39.0 Å². The maximum Gasteiger partial charge on any atom is 0.351 e. The second-order valence-electron chi connectivity index (χ2n) is 5.89. The summed E-state index contributed by atoms with van der Waals surface area (Å²) < 4.78 is 13.8. The summed E-state index contributed by atoms with van der Waals surface area (Å²) in [5, 5.41) is 3.94. The lowest BCUT2D eigenvalue weighted by molar-refractivity contribution is -0.152. The first kappa shape index (κ1) is 16.3. The van der Waals surface area contributed by atoms with E-state index in [4.69, 9.17) is 9.47 Å². The Hall–Kier alpha value is -2.55. The Morgan fingerprint density at radius 3 is 2.96 bits per heavy atom. The summed E-state index contributed by atoms with van der Waals surface area (Å²) in [7, 11) is 0. The van der Waals surface area contributed by atoms with Gasteiger partial charge in [-0.25, -0.2) is 14.5 Å². The molecular formula is C15H19N5O4. The van der Waals surface area contributed by atoms with Crippen molar-refractivity contribution in [1.29, 1.82) is 0 Å². The highest BCUT2D eigenvalue weighted by Gasteiger charge is 2.28. The van der Waals surface area contributed by atoms with Crippen molar-refractivity contribution in [2.75, 3.05) is 6.61 Å². The van der Waals surface area contributed by atoms with Crippen molar-refractivity contribution in [3.05, 3.63) is 35.4 Å². The van der Waals surface area contributed by atoms with Crippen LogP contribution in [0.1, 0.15) is 32.9 Å². The van der Waals surface area contributed by atoms with Gasteiger partial charge in [-0.2, -0.15) is 10.1 Å². The van der Waals surface area contributed by atoms with Crippen LogP contribution in [-0.2, 0) is 14.3 Å². The zero-order chi connectivity index (χ0) is 17.1. The number of carbonyl (C=O) groups excluding carboxylic acids is 1. The monoisotopic (exact) mass is 333 g/mol. The Labute approximate surface area is 138 Å². The third kappa shape index (κ3) is 3.51. The van der Waals surface area contributed by atoms with Crippen molar-refractivity contribution in [3.63, 3.8) is 0 Å². The topological polar surface area (TPSA) is 101 Å². The summed E-state index contributed by atoms with van der Waals surface area (Å²) in [6, 6.07) is 1.67. The molecular weight excluding hydrogens is 314 g/mol. The van der Waals surface area contributed by atoms with E-state index in [9.17, 15) is 9.59 Å². The molecule has 3 heterocycles. The number of carbonyl (C=O) groups is 1. The largest absolute Gasteiger partial charge is 0.463 e. The van der Waals surface area contributed by atoms with Gasteiger partial charge in [0.1, 0.15) is 25.5 Å². The molecule has 0 bridgehead atoms. The van der Waals surface area contributed by atoms with Crippen molar-refractivity contribution in [3.8, 4) is 5.82 Å². The second kappa shape index (κ2) is 6.91. The van der Waals surface area contributed by atoms with Gasteiger partial charge < -0.3 is 9.47 Å². The Balaban J connectivity index is 1.64. The SMILES string of the molecule is CC(C)C(=O)OC[C@@H]1CC[C@H](n2ccc(-n3cncn3)nc2=O)O1. The molecule has 0 unspecified atom stereocenters. The first-order valence-corrected chi connectivity index (χ1v) is 7.81. The molecule has 1 aliphatic heterocycles. The lowest BCUT2D eigenvalue weighted by Gasteiger charge is -2.16. The van der Waals surface area contributed by atoms with Crippen LogP contribution in [0.25, 0.3) is 5.82 Å². The average Bonchev–Trinajstić information content (AvgIpc) is 3.24. The van der Waals surface area contributed by atoms with Gasteiger partial charge in [0.25, 0.3) is 0 Å². The summed E-state index contributed by atoms with van der Waals surface area (Å²) >= 11 is 0. The highest BCUT2D eigenvalue weighted by atomic mass is 16.6. The highest BCUT2D eigenvalue weighted by Crippen LogP contribution is 2.27. The third-order valence-corrected chi connectivity index (χ3v) is 3.75. The first-order valence-electron chi connectivity index (χ1n) is 7.81. The maximum absolute atomic E-state index is 12.2. The van der Waals surface area contributed by atoms with E-state index in [1.165, 1.54) is 21.9 Å². The Morgan fingerprint density at radius 1 is 1.46 bits per heavy atom. The molecule has 1 fully saturated rings. The molecule has 2 aromatic heterocycles. The van der Waals surface area contributed by atoms with Crippen LogP contribution in [-0.4, -0.2) is 43.0 Å². The molecule has 3 rings (SSSR count). The number of hydrogen-bond donors (Lipinski definition) is 0. The van der Waals surface area contributed by atoms with Gasteiger partial charge in [-0.1, -0.05) is 13.8 Å². The van der Waals surface area contributed by atoms with E-state index in [1.54, 1.807) is 26.1 Å². The third-order valence-electron chi connectivity index (χ3n) is 3.75. The van der Waals surface area contributed by atoms with Crippen LogP contribution >= 0.6 is 0 Å². The summed E-state index contributed by atoms with van der Waals surface area (Å²) in [5.41, 5.74) is -0.423. The molecule has 0 radical (unpaired) electrons. The fourth-order valence-corrected chi connectivity index (χ4v) is 2.43. The number of aromatic nitrogens is 5. The fraction of sp³-hybridized carbons (Fsp3) is 0.533. The van der Waals surface area contributed by atoms with Gasteiger partial charge in [-0.05, 0) is 18.9 Å². The minimum absolute atomic E-state index is 0.168. The Kier molecular flexibility index (Phi) is 4.70. The zero-order valence-corrected chi connectivity index (χ0v) is 13.5. The molecule has 1 saturated heterocycles. The minimum atomic E-state index is -0.423. The van der Waals surface area contributed by atoms with E-state index in [2.05, 4.69) is 15.1 Å². The average molecular weight is 333 g/mol. The van der Waals surface area contributed by atoms with Crippen LogP contribution in [0, 0.1) is 5.92 Å². The number of hydrogen-bond acceptors (Lipinski definition) is 7. The van der Waals surface area contributed by atoms with Crippen LogP contribution < -0.4 is 5.69 Å². The molecule has 0 spiro atoms. The lowest BCUT2D eigenvalue weighted by atomic mass is 10.2. The minimum Gasteiger partial charge on any atom is -0.463 e. The first-order chi connectivity index (χ1) is 11.5. The summed E-state index contributed by atoms with van der Waals surface area (Å²) in [6.45, 7) is 3.76. The normalized spacial score (nSPS) is 20.5. The van der Waals surface area contributed by atoms with Gasteiger partial charge in [0, 0.05) is 6.20 Å². The molecule has 0 saturated carbocycles. The van der Waals surface area contributed by atoms with Gasteiger partial charge >= 0.3 is 11.7 Å². The molecule has 1 aliphatic rings. The van der Waals surface area contributed by atoms with E-state index in [0.29, 0.717) is 18.7 Å². The molecule has 0 amide bonds. The summed E-state index contributed by atoms with van der Waals surface area (Å²) in [5.74, 6) is -0.0226. The molecule has 0 N–H and O–H groups in total. The van der Waals surface area contributed by atoms with Gasteiger partial charge in [-0.15, -0.1) is 0 Å². The molecule has 2 atom stereocenters.